The van der Waals surface area contributed by atoms with Crippen molar-refractivity contribution in [2.75, 3.05) is 0 Å². The summed E-state index contributed by atoms with van der Waals surface area (Å²) in [5.41, 5.74) is -0.123. The molecule has 0 radical (unpaired) electrons. The van der Waals surface area contributed by atoms with Crippen LogP contribution < -0.4 is 0 Å². The molecule has 1 unspecified atom stereocenters. The first-order valence-electron chi connectivity index (χ1n) is 4.87. The molecule has 0 aliphatic heterocycles. The second-order valence-corrected chi connectivity index (χ2v) is 4.46. The predicted octanol–water partition coefficient (Wildman–Crippen LogP) is 2.30. The molecule has 1 heterocycles. The summed E-state index contributed by atoms with van der Waals surface area (Å²) in [5, 5.41) is 9.15. The van der Waals surface area contributed by atoms with Gasteiger partial charge in [0.2, 0.25) is 0 Å². The number of carbonyl (C=O) groups is 2. The summed E-state index contributed by atoms with van der Waals surface area (Å²) >= 11 is 0. The number of rotatable bonds is 3. The van der Waals surface area contributed by atoms with Crippen LogP contribution in [0.2, 0.25) is 0 Å². The molecule has 0 aliphatic carbocycles. The van der Waals surface area contributed by atoms with E-state index in [-0.39, 0.29) is 0 Å². The fourth-order valence-corrected chi connectivity index (χ4v) is 1.55. The van der Waals surface area contributed by atoms with Crippen LogP contribution in [0.4, 0.5) is 4.79 Å². The van der Waals surface area contributed by atoms with Crippen molar-refractivity contribution in [2.45, 2.75) is 32.4 Å². The molecule has 5 heteroatoms. The smallest absolute Gasteiger partial charge is 0.408 e. The van der Waals surface area contributed by atoms with Crippen LogP contribution in [0, 0.1) is 0 Å². The maximum atomic E-state index is 11.2. The van der Waals surface area contributed by atoms with Gasteiger partial charge in [-0.25, -0.2) is 4.79 Å². The summed E-state index contributed by atoms with van der Waals surface area (Å²) in [7, 11) is 0. The zero-order chi connectivity index (χ0) is 12.3. The molecule has 0 fully saturated rings. The van der Waals surface area contributed by atoms with Gasteiger partial charge in [-0.2, -0.15) is 0 Å². The molecule has 0 saturated carbocycles. The van der Waals surface area contributed by atoms with Gasteiger partial charge in [-0.15, -0.1) is 0 Å². The lowest BCUT2D eigenvalue weighted by atomic mass is 10.0. The zero-order valence-electron chi connectivity index (χ0n) is 9.51. The molecule has 1 amide bonds. The van der Waals surface area contributed by atoms with Crippen LogP contribution in [0.5, 0.6) is 0 Å². The number of aldehydes is 1. The van der Waals surface area contributed by atoms with E-state index in [1.54, 1.807) is 26.8 Å². The highest BCUT2D eigenvalue weighted by Crippen LogP contribution is 2.27. The molecule has 1 rings (SSSR count). The first-order chi connectivity index (χ1) is 7.38. The Morgan fingerprint density at radius 2 is 2.19 bits per heavy atom. The largest absolute Gasteiger partial charge is 0.472 e. The van der Waals surface area contributed by atoms with Gasteiger partial charge < -0.3 is 14.3 Å². The van der Waals surface area contributed by atoms with Gasteiger partial charge in [0, 0.05) is 11.1 Å². The Bertz CT molecular complexity index is 364. The third-order valence-electron chi connectivity index (χ3n) is 2.22. The van der Waals surface area contributed by atoms with Crippen molar-refractivity contribution in [3.05, 3.63) is 24.2 Å². The zero-order valence-corrected chi connectivity index (χ0v) is 9.51. The number of amides is 1. The van der Waals surface area contributed by atoms with Crippen LogP contribution in [0.3, 0.4) is 0 Å². The van der Waals surface area contributed by atoms with Crippen LogP contribution in [0.15, 0.2) is 23.0 Å². The SMILES string of the molecule is CC(C)(C)N(C(=O)O)C(C=O)c1ccoc1. The van der Waals surface area contributed by atoms with Crippen molar-refractivity contribution in [3.8, 4) is 0 Å². The lowest BCUT2D eigenvalue weighted by Crippen LogP contribution is -2.47. The molecule has 0 bridgehead atoms. The van der Waals surface area contributed by atoms with E-state index in [1.807, 2.05) is 0 Å². The van der Waals surface area contributed by atoms with Crippen molar-refractivity contribution in [3.63, 3.8) is 0 Å². The molecular weight excluding hydrogens is 210 g/mol. The first-order valence-corrected chi connectivity index (χ1v) is 4.87. The van der Waals surface area contributed by atoms with Crippen molar-refractivity contribution >= 4 is 12.4 Å². The van der Waals surface area contributed by atoms with Gasteiger partial charge in [0.15, 0.2) is 0 Å². The monoisotopic (exact) mass is 225 g/mol. The van der Waals surface area contributed by atoms with E-state index in [1.165, 1.54) is 12.5 Å². The average molecular weight is 225 g/mol. The van der Waals surface area contributed by atoms with Crippen LogP contribution in [0.1, 0.15) is 32.4 Å². The number of nitrogens with zero attached hydrogens (tertiary/aromatic N) is 1. The number of carbonyl (C=O) groups excluding carboxylic acids is 1. The second kappa shape index (κ2) is 4.38. The van der Waals surface area contributed by atoms with E-state index in [0.717, 1.165) is 4.90 Å². The second-order valence-electron chi connectivity index (χ2n) is 4.46. The van der Waals surface area contributed by atoms with Gasteiger partial charge in [0.1, 0.15) is 12.3 Å². The number of carboxylic acid groups (broad SMARTS) is 1. The lowest BCUT2D eigenvalue weighted by molar-refractivity contribution is -0.113. The summed E-state index contributed by atoms with van der Waals surface area (Å²) in [6.45, 7) is 5.20. The molecule has 0 aromatic carbocycles. The maximum Gasteiger partial charge on any atom is 0.408 e. The first kappa shape index (κ1) is 12.3. The molecule has 0 spiro atoms. The highest BCUT2D eigenvalue weighted by Gasteiger charge is 2.34. The molecule has 1 atom stereocenters. The Morgan fingerprint density at radius 3 is 2.50 bits per heavy atom. The van der Waals surface area contributed by atoms with Gasteiger partial charge >= 0.3 is 6.09 Å². The van der Waals surface area contributed by atoms with E-state index in [0.29, 0.717) is 11.8 Å². The molecule has 1 aromatic heterocycles. The third-order valence-corrected chi connectivity index (χ3v) is 2.22. The van der Waals surface area contributed by atoms with E-state index in [4.69, 9.17) is 9.52 Å². The van der Waals surface area contributed by atoms with E-state index in [9.17, 15) is 9.59 Å². The van der Waals surface area contributed by atoms with Crippen molar-refractivity contribution < 1.29 is 19.1 Å². The molecule has 0 aliphatic rings. The minimum Gasteiger partial charge on any atom is -0.472 e. The molecule has 88 valence electrons. The van der Waals surface area contributed by atoms with E-state index < -0.39 is 17.7 Å². The summed E-state index contributed by atoms with van der Waals surface area (Å²) in [5.74, 6) is 0. The fourth-order valence-electron chi connectivity index (χ4n) is 1.55. The minimum atomic E-state index is -1.13. The quantitative estimate of drug-likeness (QED) is 0.801. The Balaban J connectivity index is 3.10. The van der Waals surface area contributed by atoms with Gasteiger partial charge in [-0.05, 0) is 26.8 Å². The predicted molar refractivity (Wildman–Crippen MR) is 57.1 cm³/mol. The maximum absolute atomic E-state index is 11.2. The summed E-state index contributed by atoms with van der Waals surface area (Å²) < 4.78 is 4.86. The molecule has 1 N–H and O–H groups in total. The van der Waals surface area contributed by atoms with Crippen LogP contribution in [-0.4, -0.2) is 27.9 Å². The van der Waals surface area contributed by atoms with Gasteiger partial charge in [-0.1, -0.05) is 0 Å². The van der Waals surface area contributed by atoms with Crippen LogP contribution in [-0.2, 0) is 4.79 Å². The molecule has 5 nitrogen and oxygen atoms in total. The summed E-state index contributed by atoms with van der Waals surface area (Å²) in [6, 6.07) is 0.747. The van der Waals surface area contributed by atoms with Crippen molar-refractivity contribution in [1.82, 2.24) is 4.90 Å². The lowest BCUT2D eigenvalue weighted by Gasteiger charge is -2.36. The summed E-state index contributed by atoms with van der Waals surface area (Å²) in [4.78, 5) is 23.3. The molecule has 16 heavy (non-hydrogen) atoms. The summed E-state index contributed by atoms with van der Waals surface area (Å²) in [6.07, 6.45) is 2.25. The van der Waals surface area contributed by atoms with Crippen LogP contribution >= 0.6 is 0 Å². The Hall–Kier alpha value is -1.78. The molecule has 1 aromatic rings. The normalized spacial score (nSPS) is 13.2. The Morgan fingerprint density at radius 1 is 1.56 bits per heavy atom. The van der Waals surface area contributed by atoms with Crippen LogP contribution in [0.25, 0.3) is 0 Å². The fraction of sp³-hybridized carbons (Fsp3) is 0.455. The van der Waals surface area contributed by atoms with Crippen molar-refractivity contribution in [2.24, 2.45) is 0 Å². The van der Waals surface area contributed by atoms with Gasteiger partial charge in [-0.3, -0.25) is 4.90 Å². The molecular formula is C11H15NO4. The minimum absolute atomic E-state index is 0.535. The number of hydrogen-bond acceptors (Lipinski definition) is 3. The standard InChI is InChI=1S/C11H15NO4/c1-11(2,3)12(10(14)15)9(6-13)8-4-5-16-7-8/h4-7,9H,1-3H3,(H,14,15). The topological polar surface area (TPSA) is 70.8 Å². The highest BCUT2D eigenvalue weighted by molar-refractivity contribution is 5.74. The Labute approximate surface area is 93.7 Å². The Kier molecular flexibility index (Phi) is 3.37. The van der Waals surface area contributed by atoms with Gasteiger partial charge in [0.05, 0.1) is 12.5 Å². The van der Waals surface area contributed by atoms with Crippen molar-refractivity contribution in [1.29, 1.82) is 0 Å². The van der Waals surface area contributed by atoms with Gasteiger partial charge in [0.25, 0.3) is 0 Å². The average Bonchev–Trinajstić information content (AvgIpc) is 2.63. The number of furan rings is 1. The van der Waals surface area contributed by atoms with E-state index in [2.05, 4.69) is 0 Å². The molecule has 0 saturated heterocycles. The number of hydrogen-bond donors (Lipinski definition) is 1. The third kappa shape index (κ3) is 2.42. The highest BCUT2D eigenvalue weighted by atomic mass is 16.4. The van der Waals surface area contributed by atoms with E-state index >= 15 is 0 Å².